The lowest BCUT2D eigenvalue weighted by atomic mass is 9.80. The monoisotopic (exact) mass is 369 g/mol. The van der Waals surface area contributed by atoms with E-state index in [1.807, 2.05) is 25.1 Å². The van der Waals surface area contributed by atoms with Crippen molar-refractivity contribution in [3.63, 3.8) is 0 Å². The molecule has 1 aromatic carbocycles. The lowest BCUT2D eigenvalue weighted by molar-refractivity contribution is -0.154. The van der Waals surface area contributed by atoms with Crippen LogP contribution in [0.4, 0.5) is 0 Å². The first-order chi connectivity index (χ1) is 10.4. The molecule has 5 nitrogen and oxygen atoms in total. The summed E-state index contributed by atoms with van der Waals surface area (Å²) in [5.74, 6) is -1.03. The van der Waals surface area contributed by atoms with Gasteiger partial charge in [0.05, 0.1) is 11.8 Å². The van der Waals surface area contributed by atoms with Gasteiger partial charge in [-0.1, -0.05) is 28.1 Å². The van der Waals surface area contributed by atoms with Gasteiger partial charge in [-0.2, -0.15) is 0 Å². The molecular weight excluding hydrogens is 350 g/mol. The topological polar surface area (TPSA) is 75.6 Å². The number of ether oxygens (including phenoxy) is 1. The molecule has 1 amide bonds. The Balaban J connectivity index is 1.93. The second-order valence-corrected chi connectivity index (χ2v) is 6.59. The number of amides is 1. The van der Waals surface area contributed by atoms with Crippen LogP contribution in [0.15, 0.2) is 22.7 Å². The number of hydrogen-bond acceptors (Lipinski definition) is 3. The number of carbonyl (C=O) groups excluding carboxylic acids is 1. The van der Waals surface area contributed by atoms with Gasteiger partial charge in [-0.15, -0.1) is 0 Å². The minimum atomic E-state index is -0.901. The molecule has 0 unspecified atom stereocenters. The molecule has 1 aliphatic heterocycles. The Bertz CT molecular complexity index is 567. The predicted octanol–water partition coefficient (Wildman–Crippen LogP) is 2.30. The summed E-state index contributed by atoms with van der Waals surface area (Å²) < 4.78 is 6.18. The summed E-state index contributed by atoms with van der Waals surface area (Å²) in [5, 5.41) is 12.2. The standard InChI is InChI=1S/C16H20BrNO4/c1-11-2-3-12(8-13(11)17)9-14(19)18-10-16(15(20)21)4-6-22-7-5-16/h2-3,8H,4-7,9-10H2,1H3,(H,18,19)(H,20,21). The lowest BCUT2D eigenvalue weighted by Gasteiger charge is -2.33. The minimum Gasteiger partial charge on any atom is -0.481 e. The average Bonchev–Trinajstić information content (AvgIpc) is 2.50. The highest BCUT2D eigenvalue weighted by Crippen LogP contribution is 2.30. The Morgan fingerprint density at radius 1 is 1.36 bits per heavy atom. The van der Waals surface area contributed by atoms with Crippen molar-refractivity contribution in [2.45, 2.75) is 26.2 Å². The molecule has 0 aromatic heterocycles. The second-order valence-electron chi connectivity index (χ2n) is 5.73. The molecule has 0 radical (unpaired) electrons. The summed E-state index contributed by atoms with van der Waals surface area (Å²) in [5.41, 5.74) is 1.10. The van der Waals surface area contributed by atoms with Gasteiger partial charge >= 0.3 is 5.97 Å². The zero-order valence-corrected chi connectivity index (χ0v) is 14.1. The first kappa shape index (κ1) is 17.0. The third-order valence-electron chi connectivity index (χ3n) is 4.13. The molecule has 2 N–H and O–H groups in total. The van der Waals surface area contributed by atoms with Crippen molar-refractivity contribution in [3.05, 3.63) is 33.8 Å². The number of hydrogen-bond donors (Lipinski definition) is 2. The molecule has 6 heteroatoms. The third-order valence-corrected chi connectivity index (χ3v) is 4.98. The highest BCUT2D eigenvalue weighted by atomic mass is 79.9. The summed E-state index contributed by atoms with van der Waals surface area (Å²) in [4.78, 5) is 23.6. The van der Waals surface area contributed by atoms with E-state index in [-0.39, 0.29) is 18.9 Å². The smallest absolute Gasteiger partial charge is 0.311 e. The van der Waals surface area contributed by atoms with Crippen LogP contribution in [0.3, 0.4) is 0 Å². The predicted molar refractivity (Wildman–Crippen MR) is 85.7 cm³/mol. The molecule has 1 aliphatic rings. The van der Waals surface area contributed by atoms with Crippen LogP contribution in [0.25, 0.3) is 0 Å². The maximum atomic E-state index is 12.1. The Morgan fingerprint density at radius 2 is 2.05 bits per heavy atom. The van der Waals surface area contributed by atoms with Crippen LogP contribution in [0, 0.1) is 12.3 Å². The fourth-order valence-electron chi connectivity index (χ4n) is 2.49. The number of halogens is 1. The molecule has 0 bridgehead atoms. The maximum absolute atomic E-state index is 12.1. The molecule has 0 saturated carbocycles. The van der Waals surface area contributed by atoms with Crippen LogP contribution in [-0.4, -0.2) is 36.7 Å². The highest BCUT2D eigenvalue weighted by Gasteiger charge is 2.40. The highest BCUT2D eigenvalue weighted by molar-refractivity contribution is 9.10. The Hall–Kier alpha value is -1.40. The fraction of sp³-hybridized carbons (Fsp3) is 0.500. The van der Waals surface area contributed by atoms with E-state index >= 15 is 0 Å². The molecule has 1 saturated heterocycles. The van der Waals surface area contributed by atoms with Crippen molar-refractivity contribution < 1.29 is 19.4 Å². The number of aryl methyl sites for hydroxylation is 1. The second kappa shape index (κ2) is 7.24. The SMILES string of the molecule is Cc1ccc(CC(=O)NCC2(C(=O)O)CCOCC2)cc1Br. The third kappa shape index (κ3) is 4.08. The van der Waals surface area contributed by atoms with E-state index in [0.29, 0.717) is 26.1 Å². The van der Waals surface area contributed by atoms with Gasteiger partial charge in [-0.25, -0.2) is 0 Å². The van der Waals surface area contributed by atoms with Crippen molar-refractivity contribution in [2.24, 2.45) is 5.41 Å². The van der Waals surface area contributed by atoms with Crippen molar-refractivity contribution in [1.29, 1.82) is 0 Å². The minimum absolute atomic E-state index is 0.150. The summed E-state index contributed by atoms with van der Waals surface area (Å²) in [6.45, 7) is 2.98. The zero-order valence-electron chi connectivity index (χ0n) is 12.5. The number of aliphatic carboxylic acids is 1. The van der Waals surface area contributed by atoms with E-state index in [1.54, 1.807) is 0 Å². The average molecular weight is 370 g/mol. The normalized spacial score (nSPS) is 17.0. The van der Waals surface area contributed by atoms with Crippen molar-refractivity contribution in [1.82, 2.24) is 5.32 Å². The van der Waals surface area contributed by atoms with Gasteiger partial charge in [-0.3, -0.25) is 9.59 Å². The van der Waals surface area contributed by atoms with Crippen LogP contribution >= 0.6 is 15.9 Å². The van der Waals surface area contributed by atoms with Gasteiger partial charge in [0.25, 0.3) is 0 Å². The van der Waals surface area contributed by atoms with Gasteiger partial charge in [0.2, 0.25) is 5.91 Å². The van der Waals surface area contributed by atoms with Crippen LogP contribution in [0.1, 0.15) is 24.0 Å². The summed E-state index contributed by atoms with van der Waals surface area (Å²) in [7, 11) is 0. The number of carboxylic acid groups (broad SMARTS) is 1. The largest absolute Gasteiger partial charge is 0.481 e. The van der Waals surface area contributed by atoms with Gasteiger partial charge in [-0.05, 0) is 37.0 Å². The van der Waals surface area contributed by atoms with E-state index in [4.69, 9.17) is 4.74 Å². The first-order valence-corrected chi connectivity index (χ1v) is 8.05. The van der Waals surface area contributed by atoms with Crippen LogP contribution < -0.4 is 5.32 Å². The number of benzene rings is 1. The van der Waals surface area contributed by atoms with Gasteiger partial charge < -0.3 is 15.2 Å². The molecule has 0 spiro atoms. The molecule has 22 heavy (non-hydrogen) atoms. The fourth-order valence-corrected chi connectivity index (χ4v) is 2.92. The van der Waals surface area contributed by atoms with Gasteiger partial charge in [0.15, 0.2) is 0 Å². The van der Waals surface area contributed by atoms with E-state index in [1.165, 1.54) is 0 Å². The molecule has 2 rings (SSSR count). The summed E-state index contributed by atoms with van der Waals surface area (Å²) in [6.07, 6.45) is 1.10. The number of carboxylic acids is 1. The first-order valence-electron chi connectivity index (χ1n) is 7.26. The molecule has 0 aliphatic carbocycles. The molecule has 0 atom stereocenters. The van der Waals surface area contributed by atoms with E-state index in [0.717, 1.165) is 15.6 Å². The maximum Gasteiger partial charge on any atom is 0.311 e. The quantitative estimate of drug-likeness (QED) is 0.834. The zero-order chi connectivity index (χ0) is 16.2. The van der Waals surface area contributed by atoms with E-state index < -0.39 is 11.4 Å². The van der Waals surface area contributed by atoms with Crippen LogP contribution in [0.2, 0.25) is 0 Å². The Morgan fingerprint density at radius 3 is 2.64 bits per heavy atom. The van der Waals surface area contributed by atoms with Gasteiger partial charge in [0, 0.05) is 24.2 Å². The summed E-state index contributed by atoms with van der Waals surface area (Å²) >= 11 is 3.44. The molecule has 1 heterocycles. The number of carbonyl (C=O) groups is 2. The van der Waals surface area contributed by atoms with Gasteiger partial charge in [0.1, 0.15) is 0 Å². The Kier molecular flexibility index (Phi) is 5.58. The van der Waals surface area contributed by atoms with Crippen LogP contribution in [-0.2, 0) is 20.7 Å². The van der Waals surface area contributed by atoms with E-state index in [2.05, 4.69) is 21.2 Å². The van der Waals surface area contributed by atoms with Crippen molar-refractivity contribution >= 4 is 27.8 Å². The van der Waals surface area contributed by atoms with Crippen LogP contribution in [0.5, 0.6) is 0 Å². The lowest BCUT2D eigenvalue weighted by Crippen LogP contribution is -2.46. The number of rotatable bonds is 5. The van der Waals surface area contributed by atoms with Crippen molar-refractivity contribution in [2.75, 3.05) is 19.8 Å². The summed E-state index contributed by atoms with van der Waals surface area (Å²) in [6, 6.07) is 5.77. The molecular formula is C16H20BrNO4. The van der Waals surface area contributed by atoms with E-state index in [9.17, 15) is 14.7 Å². The van der Waals surface area contributed by atoms with Crippen molar-refractivity contribution in [3.8, 4) is 0 Å². The number of nitrogens with one attached hydrogen (secondary N) is 1. The Labute approximate surface area is 138 Å². The molecule has 120 valence electrons. The molecule has 1 fully saturated rings. The molecule has 1 aromatic rings.